The summed E-state index contributed by atoms with van der Waals surface area (Å²) < 4.78 is 9.80. The molecule has 0 saturated carbocycles. The second-order valence-corrected chi connectivity index (χ2v) is 3.69. The zero-order valence-electron chi connectivity index (χ0n) is 9.84. The molecule has 2 aromatic rings. The number of carbonyl (C=O) groups is 1. The number of hydrogen-bond acceptors (Lipinski definition) is 5. The van der Waals surface area contributed by atoms with E-state index in [0.717, 1.165) is 0 Å². The third kappa shape index (κ3) is 2.86. The predicted molar refractivity (Wildman–Crippen MR) is 66.0 cm³/mol. The number of benzene rings is 1. The van der Waals surface area contributed by atoms with Crippen LogP contribution in [0.1, 0.15) is 16.2 Å². The summed E-state index contributed by atoms with van der Waals surface area (Å²) in [4.78, 5) is 11.8. The number of aromatic nitrogens is 1. The SMILES string of the molecule is COCc1cc(C(=O)Nc2cccc(N)c2)no1. The van der Waals surface area contributed by atoms with Gasteiger partial charge in [-0.1, -0.05) is 11.2 Å². The molecule has 0 aliphatic rings. The lowest BCUT2D eigenvalue weighted by Gasteiger charge is -2.02. The van der Waals surface area contributed by atoms with Crippen molar-refractivity contribution in [2.75, 3.05) is 18.2 Å². The van der Waals surface area contributed by atoms with E-state index in [0.29, 0.717) is 17.1 Å². The van der Waals surface area contributed by atoms with E-state index in [-0.39, 0.29) is 18.2 Å². The zero-order chi connectivity index (χ0) is 13.0. The summed E-state index contributed by atoms with van der Waals surface area (Å²) in [6.45, 7) is 0.276. The van der Waals surface area contributed by atoms with E-state index >= 15 is 0 Å². The molecule has 0 radical (unpaired) electrons. The van der Waals surface area contributed by atoms with Gasteiger partial charge in [0.1, 0.15) is 6.61 Å². The van der Waals surface area contributed by atoms with Crippen molar-refractivity contribution in [2.24, 2.45) is 0 Å². The van der Waals surface area contributed by atoms with E-state index in [1.54, 1.807) is 24.3 Å². The van der Waals surface area contributed by atoms with Gasteiger partial charge >= 0.3 is 0 Å². The number of hydrogen-bond donors (Lipinski definition) is 2. The predicted octanol–water partition coefficient (Wildman–Crippen LogP) is 1.66. The van der Waals surface area contributed by atoms with Crippen molar-refractivity contribution in [3.05, 3.63) is 41.8 Å². The van der Waals surface area contributed by atoms with Crippen LogP contribution in [0, 0.1) is 0 Å². The lowest BCUT2D eigenvalue weighted by Crippen LogP contribution is -2.12. The first-order valence-corrected chi connectivity index (χ1v) is 5.30. The maximum absolute atomic E-state index is 11.8. The van der Waals surface area contributed by atoms with Gasteiger partial charge in [-0.15, -0.1) is 0 Å². The van der Waals surface area contributed by atoms with Crippen LogP contribution in [-0.2, 0) is 11.3 Å². The number of carbonyl (C=O) groups excluding carboxylic acids is 1. The summed E-state index contributed by atoms with van der Waals surface area (Å²) in [6.07, 6.45) is 0. The van der Waals surface area contributed by atoms with Crippen molar-refractivity contribution in [2.45, 2.75) is 6.61 Å². The molecule has 0 fully saturated rings. The van der Waals surface area contributed by atoms with Gasteiger partial charge in [0, 0.05) is 24.6 Å². The van der Waals surface area contributed by atoms with E-state index in [1.807, 2.05) is 0 Å². The number of nitrogens with two attached hydrogens (primary N) is 1. The highest BCUT2D eigenvalue weighted by molar-refractivity contribution is 6.02. The van der Waals surface area contributed by atoms with Crippen molar-refractivity contribution in [1.29, 1.82) is 0 Å². The molecule has 0 unspecified atom stereocenters. The molecule has 3 N–H and O–H groups in total. The Morgan fingerprint density at radius 1 is 1.50 bits per heavy atom. The van der Waals surface area contributed by atoms with Crippen molar-refractivity contribution >= 4 is 17.3 Å². The number of ether oxygens (including phenoxy) is 1. The number of amides is 1. The van der Waals surface area contributed by atoms with Crippen LogP contribution in [-0.4, -0.2) is 18.2 Å². The van der Waals surface area contributed by atoms with Crippen LogP contribution in [0.3, 0.4) is 0 Å². The molecule has 1 aromatic heterocycles. The Bertz CT molecular complexity index is 551. The van der Waals surface area contributed by atoms with Gasteiger partial charge in [0.2, 0.25) is 0 Å². The van der Waals surface area contributed by atoms with Gasteiger partial charge in [0.25, 0.3) is 5.91 Å². The van der Waals surface area contributed by atoms with Gasteiger partial charge < -0.3 is 20.3 Å². The van der Waals surface area contributed by atoms with Crippen molar-refractivity contribution < 1.29 is 14.1 Å². The lowest BCUT2D eigenvalue weighted by molar-refractivity contribution is 0.101. The minimum atomic E-state index is -0.355. The molecule has 6 heteroatoms. The fourth-order valence-electron chi connectivity index (χ4n) is 1.44. The fraction of sp³-hybridized carbons (Fsp3) is 0.167. The van der Waals surface area contributed by atoms with Gasteiger partial charge in [0.15, 0.2) is 11.5 Å². The number of anilines is 2. The van der Waals surface area contributed by atoms with Crippen LogP contribution in [0.2, 0.25) is 0 Å². The average Bonchev–Trinajstić information content (AvgIpc) is 2.78. The van der Waals surface area contributed by atoms with Crippen LogP contribution in [0.25, 0.3) is 0 Å². The number of nitrogens with zero attached hydrogens (tertiary/aromatic N) is 1. The first kappa shape index (κ1) is 12.1. The van der Waals surface area contributed by atoms with Gasteiger partial charge in [-0.3, -0.25) is 4.79 Å². The van der Waals surface area contributed by atoms with E-state index in [2.05, 4.69) is 10.5 Å². The van der Waals surface area contributed by atoms with E-state index in [1.165, 1.54) is 13.2 Å². The summed E-state index contributed by atoms with van der Waals surface area (Å²) in [5, 5.41) is 6.33. The molecule has 0 spiro atoms. The molecule has 0 atom stereocenters. The smallest absolute Gasteiger partial charge is 0.277 e. The molecule has 94 valence electrons. The quantitative estimate of drug-likeness (QED) is 0.802. The van der Waals surface area contributed by atoms with Crippen molar-refractivity contribution in [1.82, 2.24) is 5.16 Å². The molecule has 6 nitrogen and oxygen atoms in total. The highest BCUT2D eigenvalue weighted by atomic mass is 16.5. The monoisotopic (exact) mass is 247 g/mol. The van der Waals surface area contributed by atoms with Gasteiger partial charge in [0.05, 0.1) is 0 Å². The van der Waals surface area contributed by atoms with Crippen LogP contribution < -0.4 is 11.1 Å². The molecule has 0 bridgehead atoms. The molecule has 0 aliphatic carbocycles. The average molecular weight is 247 g/mol. The normalized spacial score (nSPS) is 10.3. The molecule has 1 amide bonds. The zero-order valence-corrected chi connectivity index (χ0v) is 9.84. The first-order chi connectivity index (χ1) is 8.69. The summed E-state index contributed by atoms with van der Waals surface area (Å²) in [5.41, 5.74) is 7.00. The van der Waals surface area contributed by atoms with Crippen LogP contribution in [0.15, 0.2) is 34.9 Å². The molecule has 2 rings (SSSR count). The van der Waals surface area contributed by atoms with E-state index in [4.69, 9.17) is 15.0 Å². The fourth-order valence-corrected chi connectivity index (χ4v) is 1.44. The third-order valence-electron chi connectivity index (χ3n) is 2.22. The Labute approximate surface area is 104 Å². The lowest BCUT2D eigenvalue weighted by atomic mass is 10.2. The molecular formula is C12H13N3O3. The molecule has 0 aliphatic heterocycles. The largest absolute Gasteiger partial charge is 0.399 e. The summed E-state index contributed by atoms with van der Waals surface area (Å²) in [5.74, 6) is 0.141. The Morgan fingerprint density at radius 2 is 2.33 bits per heavy atom. The van der Waals surface area contributed by atoms with Gasteiger partial charge in [-0.2, -0.15) is 0 Å². The van der Waals surface area contributed by atoms with Crippen LogP contribution in [0.4, 0.5) is 11.4 Å². The molecular weight excluding hydrogens is 234 g/mol. The topological polar surface area (TPSA) is 90.4 Å². The van der Waals surface area contributed by atoms with Crippen LogP contribution >= 0.6 is 0 Å². The standard InChI is InChI=1S/C12H13N3O3/c1-17-7-10-6-11(15-18-10)12(16)14-9-4-2-3-8(13)5-9/h2-6H,7,13H2,1H3,(H,14,16). The molecule has 0 saturated heterocycles. The number of nitrogens with one attached hydrogen (secondary N) is 1. The van der Waals surface area contributed by atoms with Gasteiger partial charge in [-0.05, 0) is 18.2 Å². The Hall–Kier alpha value is -2.34. The maximum Gasteiger partial charge on any atom is 0.277 e. The number of rotatable bonds is 4. The molecule has 1 aromatic carbocycles. The summed E-state index contributed by atoms with van der Waals surface area (Å²) in [6, 6.07) is 8.43. The van der Waals surface area contributed by atoms with Crippen molar-refractivity contribution in [3.8, 4) is 0 Å². The van der Waals surface area contributed by atoms with E-state index in [9.17, 15) is 4.79 Å². The van der Waals surface area contributed by atoms with Gasteiger partial charge in [-0.25, -0.2) is 0 Å². The second-order valence-electron chi connectivity index (χ2n) is 3.69. The Kier molecular flexibility index (Phi) is 3.59. The van der Waals surface area contributed by atoms with Crippen LogP contribution in [0.5, 0.6) is 0 Å². The minimum Gasteiger partial charge on any atom is -0.399 e. The molecule has 18 heavy (non-hydrogen) atoms. The van der Waals surface area contributed by atoms with E-state index < -0.39 is 0 Å². The summed E-state index contributed by atoms with van der Waals surface area (Å²) >= 11 is 0. The Morgan fingerprint density at radius 3 is 3.06 bits per heavy atom. The summed E-state index contributed by atoms with van der Waals surface area (Å²) in [7, 11) is 1.54. The maximum atomic E-state index is 11.8. The van der Waals surface area contributed by atoms with Crippen molar-refractivity contribution in [3.63, 3.8) is 0 Å². The minimum absolute atomic E-state index is 0.199. The number of methoxy groups -OCH3 is 1. The highest BCUT2D eigenvalue weighted by Crippen LogP contribution is 2.13. The first-order valence-electron chi connectivity index (χ1n) is 5.30. The highest BCUT2D eigenvalue weighted by Gasteiger charge is 2.12. The Balaban J connectivity index is 2.07. The second kappa shape index (κ2) is 5.33. The third-order valence-corrected chi connectivity index (χ3v) is 2.22. The molecule has 1 heterocycles. The number of nitrogen functional groups attached to an aromatic ring is 1.